The fourth-order valence-electron chi connectivity index (χ4n) is 2.55. The molecule has 3 N–H and O–H groups in total. The Morgan fingerprint density at radius 3 is 2.76 bits per heavy atom. The molecule has 7 heteroatoms. The first kappa shape index (κ1) is 15.3. The van der Waals surface area contributed by atoms with Gasteiger partial charge in [-0.2, -0.15) is 9.97 Å². The zero-order valence-electron chi connectivity index (χ0n) is 13.2. The molecule has 0 spiro atoms. The predicted molar refractivity (Wildman–Crippen MR) is 84.3 cm³/mol. The standard InChI is InChI=1S/C14H24N6O/c1-5-6-16-10-9-11(18-13(15)17-10)20-8-7-19(4)12(21)14(20,2)3/h9H,5-8H2,1-4H3,(H3,15,16,17,18). The molecule has 0 bridgehead atoms. The van der Waals surface area contributed by atoms with Crippen molar-refractivity contribution in [2.45, 2.75) is 32.7 Å². The van der Waals surface area contributed by atoms with Gasteiger partial charge in [0.15, 0.2) is 0 Å². The minimum atomic E-state index is -0.643. The minimum absolute atomic E-state index is 0.0778. The summed E-state index contributed by atoms with van der Waals surface area (Å²) in [4.78, 5) is 24.6. The highest BCUT2D eigenvalue weighted by Gasteiger charge is 2.41. The van der Waals surface area contributed by atoms with Gasteiger partial charge in [0.1, 0.15) is 17.2 Å². The average Bonchev–Trinajstić information content (AvgIpc) is 2.42. The van der Waals surface area contributed by atoms with E-state index in [1.54, 1.807) is 4.90 Å². The number of nitrogens with zero attached hydrogens (tertiary/aromatic N) is 4. The van der Waals surface area contributed by atoms with Crippen LogP contribution in [0.25, 0.3) is 0 Å². The molecule has 7 nitrogen and oxygen atoms in total. The Labute approximate surface area is 125 Å². The minimum Gasteiger partial charge on any atom is -0.370 e. The maximum absolute atomic E-state index is 12.4. The van der Waals surface area contributed by atoms with E-state index in [2.05, 4.69) is 22.2 Å². The van der Waals surface area contributed by atoms with Gasteiger partial charge in [0.2, 0.25) is 11.9 Å². The Morgan fingerprint density at radius 2 is 2.10 bits per heavy atom. The van der Waals surface area contributed by atoms with Gasteiger partial charge in [-0.1, -0.05) is 6.92 Å². The number of likely N-dealkylation sites (N-methyl/N-ethyl adjacent to an activating group) is 1. The average molecular weight is 292 g/mol. The van der Waals surface area contributed by atoms with Gasteiger partial charge in [0, 0.05) is 32.7 Å². The largest absolute Gasteiger partial charge is 0.370 e. The molecule has 1 aromatic rings. The van der Waals surface area contributed by atoms with Crippen LogP contribution in [0.2, 0.25) is 0 Å². The summed E-state index contributed by atoms with van der Waals surface area (Å²) in [6.45, 7) is 8.11. The van der Waals surface area contributed by atoms with Crippen LogP contribution in [0.4, 0.5) is 17.6 Å². The molecule has 1 saturated heterocycles. The highest BCUT2D eigenvalue weighted by molar-refractivity contribution is 5.90. The van der Waals surface area contributed by atoms with Crippen LogP contribution >= 0.6 is 0 Å². The zero-order chi connectivity index (χ0) is 15.6. The smallest absolute Gasteiger partial charge is 0.247 e. The molecule has 0 aliphatic carbocycles. The lowest BCUT2D eigenvalue weighted by Crippen LogP contribution is -2.62. The summed E-state index contributed by atoms with van der Waals surface area (Å²) in [5.74, 6) is 1.68. The van der Waals surface area contributed by atoms with Crippen molar-refractivity contribution in [2.75, 3.05) is 42.6 Å². The van der Waals surface area contributed by atoms with Crippen molar-refractivity contribution in [2.24, 2.45) is 0 Å². The Balaban J connectivity index is 2.32. The van der Waals surface area contributed by atoms with Crippen LogP contribution in [0.5, 0.6) is 0 Å². The number of rotatable bonds is 4. The lowest BCUT2D eigenvalue weighted by atomic mass is 9.98. The number of anilines is 3. The molecule has 1 amide bonds. The van der Waals surface area contributed by atoms with Gasteiger partial charge in [-0.15, -0.1) is 0 Å². The fourth-order valence-corrected chi connectivity index (χ4v) is 2.55. The maximum atomic E-state index is 12.4. The van der Waals surface area contributed by atoms with Gasteiger partial charge < -0.3 is 20.9 Å². The van der Waals surface area contributed by atoms with Crippen LogP contribution in [0.1, 0.15) is 27.2 Å². The molecule has 21 heavy (non-hydrogen) atoms. The third-order valence-corrected chi connectivity index (χ3v) is 3.77. The highest BCUT2D eigenvalue weighted by atomic mass is 16.2. The summed E-state index contributed by atoms with van der Waals surface area (Å²) < 4.78 is 0. The SMILES string of the molecule is CCCNc1cc(N2CCN(C)C(=O)C2(C)C)nc(N)n1. The first-order chi connectivity index (χ1) is 9.86. The molecule has 116 valence electrons. The molecule has 0 saturated carbocycles. The van der Waals surface area contributed by atoms with Crippen molar-refractivity contribution in [1.29, 1.82) is 0 Å². The van der Waals surface area contributed by atoms with Gasteiger partial charge in [-0.25, -0.2) is 0 Å². The lowest BCUT2D eigenvalue weighted by molar-refractivity contribution is -0.136. The van der Waals surface area contributed by atoms with E-state index in [0.29, 0.717) is 18.2 Å². The molecular formula is C14H24N6O. The van der Waals surface area contributed by atoms with E-state index >= 15 is 0 Å². The first-order valence-electron chi connectivity index (χ1n) is 7.28. The highest BCUT2D eigenvalue weighted by Crippen LogP contribution is 2.28. The van der Waals surface area contributed by atoms with E-state index in [1.165, 1.54) is 0 Å². The summed E-state index contributed by atoms with van der Waals surface area (Å²) in [5.41, 5.74) is 5.16. The van der Waals surface area contributed by atoms with E-state index in [4.69, 9.17) is 5.73 Å². The summed E-state index contributed by atoms with van der Waals surface area (Å²) in [6, 6.07) is 1.85. The maximum Gasteiger partial charge on any atom is 0.247 e. The number of carbonyl (C=O) groups is 1. The second-order valence-corrected chi connectivity index (χ2v) is 5.83. The number of piperazine rings is 1. The van der Waals surface area contributed by atoms with Gasteiger partial charge in [-0.3, -0.25) is 4.79 Å². The Hall–Kier alpha value is -2.05. The van der Waals surface area contributed by atoms with Crippen molar-refractivity contribution < 1.29 is 4.79 Å². The van der Waals surface area contributed by atoms with E-state index in [1.807, 2.05) is 31.9 Å². The van der Waals surface area contributed by atoms with Crippen molar-refractivity contribution in [1.82, 2.24) is 14.9 Å². The van der Waals surface area contributed by atoms with Crippen LogP contribution in [0, 0.1) is 0 Å². The third kappa shape index (κ3) is 3.01. The number of carbonyl (C=O) groups excluding carboxylic acids is 1. The topological polar surface area (TPSA) is 87.4 Å². The lowest BCUT2D eigenvalue weighted by Gasteiger charge is -2.45. The second-order valence-electron chi connectivity index (χ2n) is 5.83. The van der Waals surface area contributed by atoms with E-state index < -0.39 is 5.54 Å². The molecule has 2 rings (SSSR count). The number of nitrogens with two attached hydrogens (primary N) is 1. The van der Waals surface area contributed by atoms with Crippen molar-refractivity contribution in [3.05, 3.63) is 6.07 Å². The molecule has 1 fully saturated rings. The molecule has 1 aromatic heterocycles. The molecule has 1 aliphatic heterocycles. The molecular weight excluding hydrogens is 268 g/mol. The van der Waals surface area contributed by atoms with Crippen LogP contribution < -0.4 is 16.0 Å². The number of hydrogen-bond acceptors (Lipinski definition) is 6. The van der Waals surface area contributed by atoms with E-state index in [9.17, 15) is 4.79 Å². The van der Waals surface area contributed by atoms with Crippen molar-refractivity contribution in [3.8, 4) is 0 Å². The van der Waals surface area contributed by atoms with E-state index in [0.717, 1.165) is 19.5 Å². The Bertz CT molecular complexity index is 530. The van der Waals surface area contributed by atoms with Crippen LogP contribution in [-0.2, 0) is 4.79 Å². The molecule has 0 aromatic carbocycles. The molecule has 0 atom stereocenters. The van der Waals surface area contributed by atoms with Crippen LogP contribution in [0.3, 0.4) is 0 Å². The molecule has 1 aliphatic rings. The third-order valence-electron chi connectivity index (χ3n) is 3.77. The Kier molecular flexibility index (Phi) is 4.20. The first-order valence-corrected chi connectivity index (χ1v) is 7.28. The van der Waals surface area contributed by atoms with Gasteiger partial charge in [-0.05, 0) is 20.3 Å². The zero-order valence-corrected chi connectivity index (χ0v) is 13.2. The summed E-state index contributed by atoms with van der Waals surface area (Å²) in [6.07, 6.45) is 0.998. The van der Waals surface area contributed by atoms with Crippen molar-refractivity contribution >= 4 is 23.5 Å². The van der Waals surface area contributed by atoms with E-state index in [-0.39, 0.29) is 11.9 Å². The number of nitrogens with one attached hydrogen (secondary N) is 1. The number of nitrogen functional groups attached to an aromatic ring is 1. The quantitative estimate of drug-likeness (QED) is 0.858. The summed E-state index contributed by atoms with van der Waals surface area (Å²) >= 11 is 0. The van der Waals surface area contributed by atoms with Crippen molar-refractivity contribution in [3.63, 3.8) is 0 Å². The van der Waals surface area contributed by atoms with Gasteiger partial charge >= 0.3 is 0 Å². The molecule has 0 unspecified atom stereocenters. The fraction of sp³-hybridized carbons (Fsp3) is 0.643. The normalized spacial score (nSPS) is 18.0. The summed E-state index contributed by atoms with van der Waals surface area (Å²) in [5, 5.41) is 3.21. The summed E-state index contributed by atoms with van der Waals surface area (Å²) in [7, 11) is 1.82. The predicted octanol–water partition coefficient (Wildman–Crippen LogP) is 0.938. The van der Waals surface area contributed by atoms with Crippen LogP contribution in [0.15, 0.2) is 6.07 Å². The van der Waals surface area contributed by atoms with Gasteiger partial charge in [0.05, 0.1) is 0 Å². The number of amides is 1. The Morgan fingerprint density at radius 1 is 1.38 bits per heavy atom. The van der Waals surface area contributed by atoms with Crippen LogP contribution in [-0.4, -0.2) is 53.0 Å². The molecule has 2 heterocycles. The number of hydrogen-bond donors (Lipinski definition) is 2. The monoisotopic (exact) mass is 292 g/mol. The number of aromatic nitrogens is 2. The van der Waals surface area contributed by atoms with Gasteiger partial charge in [0.25, 0.3) is 0 Å². The second kappa shape index (κ2) is 5.75. The molecule has 0 radical (unpaired) electrons.